The summed E-state index contributed by atoms with van der Waals surface area (Å²) in [6.45, 7) is 0. The first-order valence-corrected chi connectivity index (χ1v) is 6.26. The van der Waals surface area contributed by atoms with Gasteiger partial charge in [0.05, 0.1) is 18.2 Å². The zero-order valence-corrected chi connectivity index (χ0v) is 11.7. The van der Waals surface area contributed by atoms with Crippen molar-refractivity contribution in [2.45, 2.75) is 0 Å². The van der Waals surface area contributed by atoms with Crippen molar-refractivity contribution in [3.63, 3.8) is 0 Å². The molecule has 20 heavy (non-hydrogen) atoms. The van der Waals surface area contributed by atoms with Crippen LogP contribution in [0.4, 0.5) is 5.82 Å². The summed E-state index contributed by atoms with van der Waals surface area (Å²) in [5, 5.41) is 1.23. The molecule has 0 aromatic carbocycles. The van der Waals surface area contributed by atoms with Crippen LogP contribution in [0.25, 0.3) is 22.3 Å². The molecule has 0 saturated carbocycles. The number of aromatic nitrogens is 4. The highest BCUT2D eigenvalue weighted by molar-refractivity contribution is 6.31. The number of pyridine rings is 1. The molecule has 0 bridgehead atoms. The van der Waals surface area contributed by atoms with Crippen molar-refractivity contribution in [2.75, 3.05) is 12.8 Å². The van der Waals surface area contributed by atoms with E-state index < -0.39 is 0 Å². The minimum absolute atomic E-state index is 0.372. The number of rotatable bonds is 2. The van der Waals surface area contributed by atoms with E-state index in [1.165, 1.54) is 13.4 Å². The van der Waals surface area contributed by atoms with Crippen LogP contribution >= 0.6 is 11.6 Å². The van der Waals surface area contributed by atoms with Crippen LogP contribution in [0.2, 0.25) is 5.02 Å². The highest BCUT2D eigenvalue weighted by atomic mass is 35.5. The number of nitrogens with zero attached hydrogens (tertiary/aromatic N) is 4. The van der Waals surface area contributed by atoms with E-state index in [2.05, 4.69) is 15.0 Å². The van der Waals surface area contributed by atoms with Crippen LogP contribution in [0.15, 0.2) is 24.7 Å². The largest absolute Gasteiger partial charge is 0.480 e. The maximum Gasteiger partial charge on any atom is 0.232 e. The van der Waals surface area contributed by atoms with Gasteiger partial charge in [0.1, 0.15) is 22.8 Å². The Morgan fingerprint density at radius 1 is 1.30 bits per heavy atom. The first kappa shape index (κ1) is 12.7. The quantitative estimate of drug-likeness (QED) is 0.783. The summed E-state index contributed by atoms with van der Waals surface area (Å²) in [5.41, 5.74) is 8.26. The summed E-state index contributed by atoms with van der Waals surface area (Å²) < 4.78 is 7.02. The van der Waals surface area contributed by atoms with Gasteiger partial charge in [-0.3, -0.25) is 0 Å². The number of nitrogen functional groups attached to an aromatic ring is 1. The van der Waals surface area contributed by atoms with Gasteiger partial charge in [0, 0.05) is 18.8 Å². The van der Waals surface area contributed by atoms with Gasteiger partial charge in [-0.25, -0.2) is 15.0 Å². The van der Waals surface area contributed by atoms with Gasteiger partial charge in [-0.2, -0.15) is 0 Å². The van der Waals surface area contributed by atoms with Gasteiger partial charge < -0.3 is 15.0 Å². The molecule has 7 heteroatoms. The maximum absolute atomic E-state index is 6.00. The second-order valence-electron chi connectivity index (χ2n) is 4.30. The number of anilines is 1. The van der Waals surface area contributed by atoms with Crippen LogP contribution in [0.3, 0.4) is 0 Å². The number of methoxy groups -OCH3 is 1. The third-order valence-electron chi connectivity index (χ3n) is 3.07. The Balaban J connectivity index is 2.30. The van der Waals surface area contributed by atoms with Gasteiger partial charge >= 0.3 is 0 Å². The number of halogens is 1. The molecule has 0 fully saturated rings. The van der Waals surface area contributed by atoms with Crippen molar-refractivity contribution in [3.8, 4) is 17.1 Å². The summed E-state index contributed by atoms with van der Waals surface area (Å²) in [6.07, 6.45) is 3.35. The zero-order valence-electron chi connectivity index (χ0n) is 11.0. The van der Waals surface area contributed by atoms with Crippen molar-refractivity contribution < 1.29 is 4.74 Å². The first-order chi connectivity index (χ1) is 9.61. The Bertz CT molecular complexity index is 799. The Kier molecular flexibility index (Phi) is 2.94. The molecule has 102 valence electrons. The Morgan fingerprint density at radius 3 is 2.85 bits per heavy atom. The van der Waals surface area contributed by atoms with Crippen molar-refractivity contribution in [1.29, 1.82) is 0 Å². The molecule has 3 aromatic rings. The van der Waals surface area contributed by atoms with Crippen LogP contribution in [0.5, 0.6) is 5.88 Å². The predicted molar refractivity (Wildman–Crippen MR) is 77.7 cm³/mol. The van der Waals surface area contributed by atoms with Gasteiger partial charge in [0.15, 0.2) is 0 Å². The van der Waals surface area contributed by atoms with E-state index in [1.54, 1.807) is 6.07 Å². The van der Waals surface area contributed by atoms with Gasteiger partial charge in [-0.05, 0) is 12.1 Å². The molecule has 0 saturated heterocycles. The lowest BCUT2D eigenvalue weighted by molar-refractivity contribution is 0.398. The van der Waals surface area contributed by atoms with E-state index in [0.717, 1.165) is 16.6 Å². The third-order valence-corrected chi connectivity index (χ3v) is 3.35. The second kappa shape index (κ2) is 4.64. The summed E-state index contributed by atoms with van der Waals surface area (Å²) in [7, 11) is 3.42. The summed E-state index contributed by atoms with van der Waals surface area (Å²) in [6, 6.07) is 3.55. The number of hydrogen-bond donors (Lipinski definition) is 1. The van der Waals surface area contributed by atoms with E-state index in [-0.39, 0.29) is 0 Å². The van der Waals surface area contributed by atoms with E-state index >= 15 is 0 Å². The van der Waals surface area contributed by atoms with Gasteiger partial charge in [-0.1, -0.05) is 11.6 Å². The van der Waals surface area contributed by atoms with Crippen LogP contribution in [-0.2, 0) is 7.05 Å². The molecule has 0 aliphatic carbocycles. The highest BCUT2D eigenvalue weighted by Gasteiger charge is 2.15. The lowest BCUT2D eigenvalue weighted by Gasteiger charge is -2.05. The first-order valence-electron chi connectivity index (χ1n) is 5.88. The SMILES string of the molecule is COc1nc(-c2cn(C)c3ncnc(N)c23)ccc1Cl. The normalized spacial score (nSPS) is 10.9. The van der Waals surface area contributed by atoms with E-state index in [9.17, 15) is 0 Å². The standard InChI is InChI=1S/C13H12ClN5O/c1-19-5-7(10-11(15)16-6-17-12(10)19)9-4-3-8(14)13(18-9)20-2/h3-6H,1-2H3,(H2,15,16,17). The minimum Gasteiger partial charge on any atom is -0.480 e. The fourth-order valence-electron chi connectivity index (χ4n) is 2.15. The molecule has 0 aliphatic rings. The molecule has 0 radical (unpaired) electrons. The fraction of sp³-hybridized carbons (Fsp3) is 0.154. The lowest BCUT2D eigenvalue weighted by Crippen LogP contribution is -1.95. The van der Waals surface area contributed by atoms with E-state index in [4.69, 9.17) is 22.1 Å². The van der Waals surface area contributed by atoms with Crippen molar-refractivity contribution in [3.05, 3.63) is 29.7 Å². The molecule has 6 nitrogen and oxygen atoms in total. The maximum atomic E-state index is 6.00. The minimum atomic E-state index is 0.372. The number of ether oxygens (including phenoxy) is 1. The number of nitrogens with two attached hydrogens (primary N) is 1. The molecule has 2 N–H and O–H groups in total. The number of aryl methyl sites for hydroxylation is 1. The molecule has 3 aromatic heterocycles. The number of fused-ring (bicyclic) bond motifs is 1. The molecule has 3 rings (SSSR count). The zero-order chi connectivity index (χ0) is 14.3. The second-order valence-corrected chi connectivity index (χ2v) is 4.71. The van der Waals surface area contributed by atoms with Gasteiger partial charge in [0.25, 0.3) is 0 Å². The summed E-state index contributed by atoms with van der Waals surface area (Å²) in [5.74, 6) is 0.790. The molecule has 0 spiro atoms. The average molecular weight is 290 g/mol. The van der Waals surface area contributed by atoms with Gasteiger partial charge in [0.2, 0.25) is 5.88 Å². The molecule has 0 unspecified atom stereocenters. The van der Waals surface area contributed by atoms with Gasteiger partial charge in [-0.15, -0.1) is 0 Å². The number of hydrogen-bond acceptors (Lipinski definition) is 5. The Labute approximate surface area is 120 Å². The molecule has 0 amide bonds. The third kappa shape index (κ3) is 1.85. The van der Waals surface area contributed by atoms with Crippen LogP contribution in [-0.4, -0.2) is 26.6 Å². The smallest absolute Gasteiger partial charge is 0.232 e. The van der Waals surface area contributed by atoms with Crippen molar-refractivity contribution in [2.24, 2.45) is 7.05 Å². The van der Waals surface area contributed by atoms with E-state index in [1.807, 2.05) is 23.9 Å². The molecular weight excluding hydrogens is 278 g/mol. The van der Waals surface area contributed by atoms with Crippen molar-refractivity contribution in [1.82, 2.24) is 19.5 Å². The van der Waals surface area contributed by atoms with Crippen LogP contribution in [0, 0.1) is 0 Å². The van der Waals surface area contributed by atoms with Crippen LogP contribution in [0.1, 0.15) is 0 Å². The predicted octanol–water partition coefficient (Wildman–Crippen LogP) is 2.27. The van der Waals surface area contributed by atoms with Crippen molar-refractivity contribution >= 4 is 28.5 Å². The lowest BCUT2D eigenvalue weighted by atomic mass is 10.1. The summed E-state index contributed by atoms with van der Waals surface area (Å²) in [4.78, 5) is 12.7. The average Bonchev–Trinajstić information content (AvgIpc) is 2.78. The molecule has 3 heterocycles. The molecule has 0 atom stereocenters. The Morgan fingerprint density at radius 2 is 2.10 bits per heavy atom. The molecule has 0 aliphatic heterocycles. The highest BCUT2D eigenvalue weighted by Crippen LogP contribution is 2.33. The van der Waals surface area contributed by atoms with Crippen LogP contribution < -0.4 is 10.5 Å². The van der Waals surface area contributed by atoms with E-state index in [0.29, 0.717) is 22.4 Å². The monoisotopic (exact) mass is 289 g/mol. The Hall–Kier alpha value is -2.34. The summed E-state index contributed by atoms with van der Waals surface area (Å²) >= 11 is 6.00. The fourth-order valence-corrected chi connectivity index (χ4v) is 2.33. The topological polar surface area (TPSA) is 78.8 Å². The molecular formula is C13H12ClN5O.